The normalized spacial score (nSPS) is 17.2. The van der Waals surface area contributed by atoms with Crippen molar-refractivity contribution in [1.29, 1.82) is 0 Å². The van der Waals surface area contributed by atoms with Crippen molar-refractivity contribution in [3.63, 3.8) is 0 Å². The molecule has 1 aliphatic heterocycles. The minimum absolute atomic E-state index is 0.212. The summed E-state index contributed by atoms with van der Waals surface area (Å²) in [5, 5.41) is 9.83. The molecule has 1 N–H and O–H groups in total. The van der Waals surface area contributed by atoms with Crippen LogP contribution in [-0.2, 0) is 0 Å². The Morgan fingerprint density at radius 1 is 1.31 bits per heavy atom. The lowest BCUT2D eigenvalue weighted by Crippen LogP contribution is -2.23. The molecule has 0 aromatic carbocycles. The lowest BCUT2D eigenvalue weighted by molar-refractivity contribution is 0.0690. The third kappa shape index (κ3) is 2.35. The van der Waals surface area contributed by atoms with E-state index in [2.05, 4.69) is 9.88 Å². The van der Waals surface area contributed by atoms with Gasteiger partial charge in [0.15, 0.2) is 10.8 Å². The minimum atomic E-state index is -0.921. The zero-order valence-electron chi connectivity index (χ0n) is 9.40. The molecule has 2 rings (SSSR count). The van der Waals surface area contributed by atoms with E-state index in [1.165, 1.54) is 37.0 Å². The van der Waals surface area contributed by atoms with E-state index in [1.54, 1.807) is 0 Å². The zero-order chi connectivity index (χ0) is 11.5. The number of anilines is 1. The van der Waals surface area contributed by atoms with Gasteiger partial charge in [0.1, 0.15) is 0 Å². The Hall–Kier alpha value is -1.10. The highest BCUT2D eigenvalue weighted by Gasteiger charge is 2.18. The summed E-state index contributed by atoms with van der Waals surface area (Å²) in [4.78, 5) is 18.1. The lowest BCUT2D eigenvalue weighted by Gasteiger charge is -2.18. The van der Waals surface area contributed by atoms with Gasteiger partial charge < -0.3 is 10.0 Å². The molecular formula is C11H16N2O2S. The van der Waals surface area contributed by atoms with Crippen LogP contribution >= 0.6 is 11.3 Å². The molecule has 0 radical (unpaired) electrons. The number of aromatic nitrogens is 1. The van der Waals surface area contributed by atoms with Gasteiger partial charge in [-0.1, -0.05) is 12.8 Å². The van der Waals surface area contributed by atoms with Gasteiger partial charge in [0, 0.05) is 18.0 Å². The number of hydrogen-bond donors (Lipinski definition) is 1. The van der Waals surface area contributed by atoms with Crippen LogP contribution in [0.4, 0.5) is 5.13 Å². The average Bonchev–Trinajstić information content (AvgIpc) is 2.50. The first-order chi connectivity index (χ1) is 7.68. The summed E-state index contributed by atoms with van der Waals surface area (Å²) in [6.07, 6.45) is 4.90. The van der Waals surface area contributed by atoms with Crippen LogP contribution in [0.1, 0.15) is 41.0 Å². The van der Waals surface area contributed by atoms with Crippen LogP contribution in [0.2, 0.25) is 0 Å². The van der Waals surface area contributed by atoms with E-state index >= 15 is 0 Å². The molecular weight excluding hydrogens is 224 g/mol. The molecule has 16 heavy (non-hydrogen) atoms. The number of carboxylic acid groups (broad SMARTS) is 1. The standard InChI is InChI=1S/C11H16N2O2S/c1-8-9(10(14)15)12-11(16-8)13-6-4-2-3-5-7-13/h2-7H2,1H3,(H,14,15). The summed E-state index contributed by atoms with van der Waals surface area (Å²) in [5.41, 5.74) is 0.212. The molecule has 0 amide bonds. The maximum atomic E-state index is 10.9. The quantitative estimate of drug-likeness (QED) is 0.863. The van der Waals surface area contributed by atoms with Gasteiger partial charge in [-0.15, -0.1) is 11.3 Å². The van der Waals surface area contributed by atoms with Gasteiger partial charge in [-0.2, -0.15) is 0 Å². The van der Waals surface area contributed by atoms with Gasteiger partial charge >= 0.3 is 5.97 Å². The summed E-state index contributed by atoms with van der Waals surface area (Å²) in [6, 6.07) is 0. The number of aryl methyl sites for hydroxylation is 1. The van der Waals surface area contributed by atoms with E-state index in [0.717, 1.165) is 23.1 Å². The summed E-state index contributed by atoms with van der Waals surface area (Å²) >= 11 is 1.49. The van der Waals surface area contributed by atoms with E-state index in [9.17, 15) is 4.79 Å². The van der Waals surface area contributed by atoms with Crippen molar-refractivity contribution in [3.05, 3.63) is 10.6 Å². The van der Waals surface area contributed by atoms with Crippen LogP contribution in [0.3, 0.4) is 0 Å². The molecule has 1 aliphatic rings. The third-order valence-corrected chi connectivity index (χ3v) is 3.90. The molecule has 1 saturated heterocycles. The average molecular weight is 240 g/mol. The molecule has 88 valence electrons. The monoisotopic (exact) mass is 240 g/mol. The molecule has 1 aromatic rings. The third-order valence-electron chi connectivity index (χ3n) is 2.86. The van der Waals surface area contributed by atoms with Gasteiger partial charge in [0.25, 0.3) is 0 Å². The summed E-state index contributed by atoms with van der Waals surface area (Å²) in [5.74, 6) is -0.921. The molecule has 0 saturated carbocycles. The first kappa shape index (κ1) is 11.4. The van der Waals surface area contributed by atoms with Gasteiger partial charge in [-0.25, -0.2) is 9.78 Å². The molecule has 5 heteroatoms. The van der Waals surface area contributed by atoms with Crippen LogP contribution in [0, 0.1) is 6.92 Å². The SMILES string of the molecule is Cc1sc(N2CCCCCC2)nc1C(=O)O. The number of carboxylic acids is 1. The van der Waals surface area contributed by atoms with Crippen molar-refractivity contribution >= 4 is 22.4 Å². The number of carbonyl (C=O) groups is 1. The van der Waals surface area contributed by atoms with Crippen molar-refractivity contribution < 1.29 is 9.90 Å². The number of thiazole rings is 1. The topological polar surface area (TPSA) is 53.4 Å². The van der Waals surface area contributed by atoms with Crippen molar-refractivity contribution in [2.24, 2.45) is 0 Å². The number of nitrogens with zero attached hydrogens (tertiary/aromatic N) is 2. The molecule has 2 heterocycles. The summed E-state index contributed by atoms with van der Waals surface area (Å²) < 4.78 is 0. The number of rotatable bonds is 2. The Kier molecular flexibility index (Phi) is 3.43. The summed E-state index contributed by atoms with van der Waals surface area (Å²) in [6.45, 7) is 3.83. The van der Waals surface area contributed by atoms with Gasteiger partial charge in [-0.3, -0.25) is 0 Å². The Morgan fingerprint density at radius 3 is 2.44 bits per heavy atom. The summed E-state index contributed by atoms with van der Waals surface area (Å²) in [7, 11) is 0. The van der Waals surface area contributed by atoms with Gasteiger partial charge in [0.05, 0.1) is 0 Å². The Morgan fingerprint density at radius 2 is 1.94 bits per heavy atom. The molecule has 0 atom stereocenters. The number of aromatic carboxylic acids is 1. The van der Waals surface area contributed by atoms with Crippen LogP contribution in [0.15, 0.2) is 0 Å². The van der Waals surface area contributed by atoms with Crippen LogP contribution < -0.4 is 4.90 Å². The molecule has 0 spiro atoms. The van der Waals surface area contributed by atoms with E-state index in [-0.39, 0.29) is 5.69 Å². The minimum Gasteiger partial charge on any atom is -0.476 e. The van der Waals surface area contributed by atoms with Gasteiger partial charge in [-0.05, 0) is 19.8 Å². The largest absolute Gasteiger partial charge is 0.476 e. The fourth-order valence-corrected chi connectivity index (χ4v) is 2.93. The van der Waals surface area contributed by atoms with Crippen LogP contribution in [0.25, 0.3) is 0 Å². The Labute approximate surface area is 98.9 Å². The van der Waals surface area contributed by atoms with E-state index < -0.39 is 5.97 Å². The highest BCUT2D eigenvalue weighted by Crippen LogP contribution is 2.27. The first-order valence-corrected chi connectivity index (χ1v) is 6.46. The van der Waals surface area contributed by atoms with E-state index in [1.807, 2.05) is 6.92 Å². The molecule has 0 unspecified atom stereocenters. The van der Waals surface area contributed by atoms with Gasteiger partial charge in [0.2, 0.25) is 0 Å². The van der Waals surface area contributed by atoms with Crippen molar-refractivity contribution in [3.8, 4) is 0 Å². The first-order valence-electron chi connectivity index (χ1n) is 5.64. The Bertz CT molecular complexity index is 381. The second-order valence-electron chi connectivity index (χ2n) is 4.11. The maximum Gasteiger partial charge on any atom is 0.355 e. The zero-order valence-corrected chi connectivity index (χ0v) is 10.2. The smallest absolute Gasteiger partial charge is 0.355 e. The lowest BCUT2D eigenvalue weighted by atomic mass is 10.2. The predicted molar refractivity (Wildman–Crippen MR) is 64.5 cm³/mol. The second kappa shape index (κ2) is 4.82. The molecule has 1 aromatic heterocycles. The maximum absolute atomic E-state index is 10.9. The molecule has 0 bridgehead atoms. The Balaban J connectivity index is 2.19. The predicted octanol–water partition coefficient (Wildman–Crippen LogP) is 2.53. The number of hydrogen-bond acceptors (Lipinski definition) is 4. The molecule has 1 fully saturated rings. The fraction of sp³-hybridized carbons (Fsp3) is 0.636. The highest BCUT2D eigenvalue weighted by atomic mass is 32.1. The second-order valence-corrected chi connectivity index (χ2v) is 5.29. The van der Waals surface area contributed by atoms with E-state index in [0.29, 0.717) is 0 Å². The van der Waals surface area contributed by atoms with Crippen molar-refractivity contribution in [1.82, 2.24) is 4.98 Å². The van der Waals surface area contributed by atoms with Crippen molar-refractivity contribution in [2.45, 2.75) is 32.6 Å². The molecule has 0 aliphatic carbocycles. The van der Waals surface area contributed by atoms with Crippen LogP contribution in [0.5, 0.6) is 0 Å². The van der Waals surface area contributed by atoms with Crippen LogP contribution in [-0.4, -0.2) is 29.1 Å². The van der Waals surface area contributed by atoms with E-state index in [4.69, 9.17) is 5.11 Å². The van der Waals surface area contributed by atoms with Crippen molar-refractivity contribution in [2.75, 3.05) is 18.0 Å². The fourth-order valence-electron chi connectivity index (χ4n) is 1.98. The molecule has 4 nitrogen and oxygen atoms in total. The highest BCUT2D eigenvalue weighted by molar-refractivity contribution is 7.15.